The molecule has 0 saturated heterocycles. The highest BCUT2D eigenvalue weighted by molar-refractivity contribution is 5.84. The summed E-state index contributed by atoms with van der Waals surface area (Å²) >= 11 is 0. The Balaban J connectivity index is 1.41. The van der Waals surface area contributed by atoms with Crippen LogP contribution in [0.15, 0.2) is 48.5 Å². The molecule has 0 aliphatic heterocycles. The Morgan fingerprint density at radius 1 is 1.00 bits per heavy atom. The summed E-state index contributed by atoms with van der Waals surface area (Å²) in [6.07, 6.45) is 0.204. The van der Waals surface area contributed by atoms with E-state index in [4.69, 9.17) is 4.74 Å². The van der Waals surface area contributed by atoms with E-state index >= 15 is 0 Å². The first kappa shape index (κ1) is 21.4. The third-order valence-corrected chi connectivity index (χ3v) is 4.86. The number of hydrogen-bond donors (Lipinski definition) is 2. The molecule has 3 aromatic rings. The van der Waals surface area contributed by atoms with Gasteiger partial charge in [0.1, 0.15) is 11.6 Å². The number of para-hydroxylation sites is 2. The van der Waals surface area contributed by atoms with Gasteiger partial charge in [0.2, 0.25) is 11.8 Å². The summed E-state index contributed by atoms with van der Waals surface area (Å²) in [6.45, 7) is 6.67. The van der Waals surface area contributed by atoms with E-state index in [0.29, 0.717) is 11.6 Å². The molecule has 0 unspecified atom stereocenters. The van der Waals surface area contributed by atoms with Gasteiger partial charge in [-0.25, -0.2) is 4.98 Å². The van der Waals surface area contributed by atoms with Crippen LogP contribution in [0.1, 0.15) is 38.6 Å². The Hall–Kier alpha value is -3.35. The molecule has 2 N–H and O–H groups in total. The molecule has 30 heavy (non-hydrogen) atoms. The highest BCUT2D eigenvalue weighted by Gasteiger charge is 2.14. The van der Waals surface area contributed by atoms with Gasteiger partial charge in [-0.15, -0.1) is 0 Å². The lowest BCUT2D eigenvalue weighted by molar-refractivity contribution is -0.128. The Bertz CT molecular complexity index is 1030. The lowest BCUT2D eigenvalue weighted by Crippen LogP contribution is -2.43. The van der Waals surface area contributed by atoms with E-state index in [1.165, 1.54) is 5.56 Å². The number of carbonyl (C=O) groups is 2. The molecule has 2 amide bonds. The number of hydrogen-bond acceptors (Lipinski definition) is 4. The van der Waals surface area contributed by atoms with Gasteiger partial charge in [0, 0.05) is 7.05 Å². The molecule has 7 heteroatoms. The largest absolute Gasteiger partial charge is 0.493 e. The van der Waals surface area contributed by atoms with Crippen LogP contribution < -0.4 is 15.6 Å². The number of rotatable bonds is 6. The van der Waals surface area contributed by atoms with E-state index in [1.807, 2.05) is 60.1 Å². The van der Waals surface area contributed by atoms with Crippen molar-refractivity contribution in [3.8, 4) is 5.75 Å². The van der Waals surface area contributed by atoms with E-state index in [-0.39, 0.29) is 36.7 Å². The molecule has 0 spiro atoms. The SMILES string of the molecule is Cn1c(CC(=O)NNC(=O)CCOc2ccc(C(C)(C)C)cc2)nc2ccccc21. The number of imidazole rings is 1. The zero-order valence-corrected chi connectivity index (χ0v) is 17.9. The van der Waals surface area contributed by atoms with E-state index in [1.54, 1.807) is 0 Å². The van der Waals surface area contributed by atoms with Crippen molar-refractivity contribution in [2.75, 3.05) is 6.61 Å². The predicted octanol–water partition coefficient (Wildman–Crippen LogP) is 3.03. The molecule has 0 saturated carbocycles. The second-order valence-corrected chi connectivity index (χ2v) is 8.22. The summed E-state index contributed by atoms with van der Waals surface area (Å²) in [4.78, 5) is 28.6. The molecular weight excluding hydrogens is 380 g/mol. The van der Waals surface area contributed by atoms with E-state index in [2.05, 4.69) is 36.6 Å². The molecule has 0 bridgehead atoms. The minimum atomic E-state index is -0.333. The Morgan fingerprint density at radius 3 is 2.33 bits per heavy atom. The first-order chi connectivity index (χ1) is 14.2. The topological polar surface area (TPSA) is 85.2 Å². The predicted molar refractivity (Wildman–Crippen MR) is 116 cm³/mol. The second-order valence-electron chi connectivity index (χ2n) is 8.22. The van der Waals surface area contributed by atoms with Crippen LogP contribution in [-0.4, -0.2) is 28.0 Å². The number of nitrogens with one attached hydrogen (secondary N) is 2. The van der Waals surface area contributed by atoms with Gasteiger partial charge in [0.05, 0.1) is 30.5 Å². The number of hydrazine groups is 1. The summed E-state index contributed by atoms with van der Waals surface area (Å²) in [5, 5.41) is 0. The standard InChI is InChI=1S/C23H28N4O3/c1-23(2,3)16-9-11-17(12-10-16)30-14-13-21(28)25-26-22(29)15-20-24-18-7-5-6-8-19(18)27(20)4/h5-12H,13-15H2,1-4H3,(H,25,28)(H,26,29). The molecule has 0 fully saturated rings. The summed E-state index contributed by atoms with van der Waals surface area (Å²) < 4.78 is 7.48. The van der Waals surface area contributed by atoms with Crippen molar-refractivity contribution in [3.05, 3.63) is 59.9 Å². The lowest BCUT2D eigenvalue weighted by Gasteiger charge is -2.19. The fourth-order valence-electron chi connectivity index (χ4n) is 3.06. The minimum Gasteiger partial charge on any atom is -0.493 e. The number of carbonyl (C=O) groups excluding carboxylic acids is 2. The molecule has 1 aromatic heterocycles. The Kier molecular flexibility index (Phi) is 6.40. The average Bonchev–Trinajstić information content (AvgIpc) is 3.02. The first-order valence-corrected chi connectivity index (χ1v) is 9.95. The minimum absolute atomic E-state index is 0.0715. The van der Waals surface area contributed by atoms with Crippen molar-refractivity contribution < 1.29 is 14.3 Å². The Labute approximate surface area is 176 Å². The fourth-order valence-corrected chi connectivity index (χ4v) is 3.06. The van der Waals surface area contributed by atoms with Gasteiger partial charge < -0.3 is 9.30 Å². The smallest absolute Gasteiger partial charge is 0.245 e. The van der Waals surface area contributed by atoms with Crippen LogP contribution in [0.5, 0.6) is 5.75 Å². The van der Waals surface area contributed by atoms with Crippen LogP contribution in [0.4, 0.5) is 0 Å². The van der Waals surface area contributed by atoms with Gasteiger partial charge in [0.15, 0.2) is 0 Å². The summed E-state index contributed by atoms with van der Waals surface area (Å²) in [7, 11) is 1.86. The van der Waals surface area contributed by atoms with Gasteiger partial charge in [-0.2, -0.15) is 0 Å². The van der Waals surface area contributed by atoms with Crippen molar-refractivity contribution in [1.82, 2.24) is 20.4 Å². The maximum absolute atomic E-state index is 12.1. The van der Waals surface area contributed by atoms with E-state index < -0.39 is 0 Å². The molecule has 1 heterocycles. The van der Waals surface area contributed by atoms with Crippen molar-refractivity contribution in [2.24, 2.45) is 7.05 Å². The third kappa shape index (κ3) is 5.37. The van der Waals surface area contributed by atoms with Gasteiger partial charge >= 0.3 is 0 Å². The van der Waals surface area contributed by atoms with Gasteiger partial charge in [0.25, 0.3) is 0 Å². The number of aryl methyl sites for hydroxylation is 1. The van der Waals surface area contributed by atoms with Crippen molar-refractivity contribution >= 4 is 22.8 Å². The maximum Gasteiger partial charge on any atom is 0.245 e. The van der Waals surface area contributed by atoms with Gasteiger partial charge in [-0.3, -0.25) is 20.4 Å². The molecule has 0 aliphatic carbocycles. The van der Waals surface area contributed by atoms with Gasteiger partial charge in [-0.05, 0) is 35.2 Å². The van der Waals surface area contributed by atoms with Crippen LogP contribution in [0, 0.1) is 0 Å². The molecule has 0 radical (unpaired) electrons. The van der Waals surface area contributed by atoms with Crippen LogP contribution in [-0.2, 0) is 28.5 Å². The molecule has 3 rings (SSSR count). The van der Waals surface area contributed by atoms with Crippen molar-refractivity contribution in [2.45, 2.75) is 39.0 Å². The molecule has 7 nitrogen and oxygen atoms in total. The van der Waals surface area contributed by atoms with Crippen LogP contribution >= 0.6 is 0 Å². The van der Waals surface area contributed by atoms with Crippen molar-refractivity contribution in [1.29, 1.82) is 0 Å². The zero-order valence-electron chi connectivity index (χ0n) is 17.9. The highest BCUT2D eigenvalue weighted by Crippen LogP contribution is 2.24. The first-order valence-electron chi connectivity index (χ1n) is 9.95. The number of ether oxygens (including phenoxy) is 1. The number of fused-ring (bicyclic) bond motifs is 1. The van der Waals surface area contributed by atoms with Crippen LogP contribution in [0.25, 0.3) is 11.0 Å². The highest BCUT2D eigenvalue weighted by atomic mass is 16.5. The normalized spacial score (nSPS) is 11.3. The monoisotopic (exact) mass is 408 g/mol. The molecule has 158 valence electrons. The molecule has 0 atom stereocenters. The summed E-state index contributed by atoms with van der Waals surface area (Å²) in [6, 6.07) is 15.5. The summed E-state index contributed by atoms with van der Waals surface area (Å²) in [5.41, 5.74) is 7.93. The molecule has 2 aromatic carbocycles. The van der Waals surface area contributed by atoms with E-state index in [0.717, 1.165) is 11.0 Å². The fraction of sp³-hybridized carbons (Fsp3) is 0.348. The van der Waals surface area contributed by atoms with Gasteiger partial charge in [-0.1, -0.05) is 45.0 Å². The number of amides is 2. The Morgan fingerprint density at radius 2 is 1.67 bits per heavy atom. The number of aromatic nitrogens is 2. The van der Waals surface area contributed by atoms with Crippen LogP contribution in [0.3, 0.4) is 0 Å². The van der Waals surface area contributed by atoms with Crippen molar-refractivity contribution in [3.63, 3.8) is 0 Å². The lowest BCUT2D eigenvalue weighted by atomic mass is 9.87. The maximum atomic E-state index is 12.1. The van der Waals surface area contributed by atoms with Crippen LogP contribution in [0.2, 0.25) is 0 Å². The summed E-state index contributed by atoms with van der Waals surface area (Å²) in [5.74, 6) is 0.687. The zero-order chi connectivity index (χ0) is 21.7. The van der Waals surface area contributed by atoms with E-state index in [9.17, 15) is 9.59 Å². The molecule has 0 aliphatic rings. The number of benzene rings is 2. The number of nitrogens with zero attached hydrogens (tertiary/aromatic N) is 2. The average molecular weight is 409 g/mol. The third-order valence-electron chi connectivity index (χ3n) is 4.86. The molecular formula is C23H28N4O3. The second kappa shape index (κ2) is 8.98. The quantitative estimate of drug-likeness (QED) is 0.614.